The summed E-state index contributed by atoms with van der Waals surface area (Å²) < 4.78 is 50.3. The highest BCUT2D eigenvalue weighted by atomic mass is 35.5. The summed E-state index contributed by atoms with van der Waals surface area (Å²) >= 11 is 12.2. The van der Waals surface area contributed by atoms with E-state index in [1.54, 1.807) is 19.9 Å². The summed E-state index contributed by atoms with van der Waals surface area (Å²) in [6.45, 7) is 3.33. The number of hydrogen-bond acceptors (Lipinski definition) is 4. The van der Waals surface area contributed by atoms with E-state index in [1.165, 1.54) is 0 Å². The van der Waals surface area contributed by atoms with Crippen molar-refractivity contribution >= 4 is 43.1 Å². The second-order valence-electron chi connectivity index (χ2n) is 5.56. The minimum absolute atomic E-state index is 0.0107. The van der Waals surface area contributed by atoms with E-state index >= 15 is 0 Å². The summed E-state index contributed by atoms with van der Waals surface area (Å²) in [7, 11) is -6.89. The molecule has 1 N–H and O–H groups in total. The molecule has 0 aliphatic carbocycles. The van der Waals surface area contributed by atoms with E-state index in [4.69, 9.17) is 23.2 Å². The van der Waals surface area contributed by atoms with Gasteiger partial charge in [0, 0.05) is 11.6 Å². The zero-order valence-corrected chi connectivity index (χ0v) is 15.3. The Morgan fingerprint density at radius 1 is 1.32 bits per heavy atom. The molecule has 0 amide bonds. The molecule has 22 heavy (non-hydrogen) atoms. The highest BCUT2D eigenvalue weighted by molar-refractivity contribution is 7.91. The number of hydrogen-bond donors (Lipinski definition) is 1. The first-order valence-electron chi connectivity index (χ1n) is 6.69. The monoisotopic (exact) mass is 385 g/mol. The van der Waals surface area contributed by atoms with Crippen LogP contribution in [0.1, 0.15) is 17.5 Å². The lowest BCUT2D eigenvalue weighted by Crippen LogP contribution is -2.30. The van der Waals surface area contributed by atoms with Gasteiger partial charge in [0.1, 0.15) is 4.90 Å². The Bertz CT molecular complexity index is 778. The maximum absolute atomic E-state index is 12.5. The Labute approximate surface area is 141 Å². The molecule has 1 saturated heterocycles. The maximum atomic E-state index is 12.5. The number of halogens is 2. The molecule has 124 valence electrons. The van der Waals surface area contributed by atoms with Crippen molar-refractivity contribution in [1.82, 2.24) is 4.72 Å². The lowest BCUT2D eigenvalue weighted by molar-refractivity contribution is 0.543. The molecule has 0 saturated carbocycles. The summed E-state index contributed by atoms with van der Waals surface area (Å²) in [5.74, 6) is -0.0918. The zero-order chi connectivity index (χ0) is 16.7. The third kappa shape index (κ3) is 3.76. The van der Waals surface area contributed by atoms with E-state index in [-0.39, 0.29) is 33.9 Å². The van der Waals surface area contributed by atoms with Gasteiger partial charge in [-0.3, -0.25) is 0 Å². The van der Waals surface area contributed by atoms with Gasteiger partial charge in [-0.1, -0.05) is 23.2 Å². The lowest BCUT2D eigenvalue weighted by Gasteiger charge is -2.15. The summed E-state index contributed by atoms with van der Waals surface area (Å²) in [4.78, 5) is -0.0416. The molecule has 2 rings (SSSR count). The van der Waals surface area contributed by atoms with Crippen molar-refractivity contribution in [2.45, 2.75) is 25.2 Å². The number of benzene rings is 1. The number of sulfonamides is 1. The van der Waals surface area contributed by atoms with Crippen LogP contribution in [0.4, 0.5) is 0 Å². The van der Waals surface area contributed by atoms with E-state index < -0.39 is 19.9 Å². The smallest absolute Gasteiger partial charge is 0.229 e. The fourth-order valence-electron chi connectivity index (χ4n) is 2.47. The number of sulfone groups is 1. The first-order valence-corrected chi connectivity index (χ1v) is 10.7. The van der Waals surface area contributed by atoms with Gasteiger partial charge in [-0.25, -0.2) is 21.6 Å². The van der Waals surface area contributed by atoms with Crippen LogP contribution in [0.2, 0.25) is 10.0 Å². The fraction of sp³-hybridized carbons (Fsp3) is 0.538. The summed E-state index contributed by atoms with van der Waals surface area (Å²) in [6.07, 6.45) is 0.464. The molecule has 1 aromatic carbocycles. The number of aryl methyl sites for hydroxylation is 1. The van der Waals surface area contributed by atoms with Crippen molar-refractivity contribution in [2.24, 2.45) is 5.92 Å². The Balaban J connectivity index is 2.25. The van der Waals surface area contributed by atoms with E-state index in [9.17, 15) is 16.8 Å². The van der Waals surface area contributed by atoms with E-state index in [2.05, 4.69) is 4.72 Å². The Morgan fingerprint density at radius 3 is 2.50 bits per heavy atom. The average molecular weight is 386 g/mol. The molecule has 0 unspecified atom stereocenters. The zero-order valence-electron chi connectivity index (χ0n) is 12.2. The van der Waals surface area contributed by atoms with Crippen LogP contribution in [0.5, 0.6) is 0 Å². The largest absolute Gasteiger partial charge is 0.242 e. The fourth-order valence-corrected chi connectivity index (χ4v) is 6.65. The van der Waals surface area contributed by atoms with Gasteiger partial charge in [-0.15, -0.1) is 0 Å². The molecule has 0 radical (unpaired) electrons. The molecule has 1 aliphatic rings. The molecule has 1 atom stereocenters. The Morgan fingerprint density at radius 2 is 1.95 bits per heavy atom. The third-order valence-electron chi connectivity index (χ3n) is 3.75. The van der Waals surface area contributed by atoms with Gasteiger partial charge in [-0.2, -0.15) is 0 Å². The topological polar surface area (TPSA) is 80.3 Å². The molecule has 1 heterocycles. The summed E-state index contributed by atoms with van der Waals surface area (Å²) in [6, 6.07) is 1.61. The van der Waals surface area contributed by atoms with Crippen LogP contribution in [0.3, 0.4) is 0 Å². The van der Waals surface area contributed by atoms with Crippen LogP contribution >= 0.6 is 23.2 Å². The molecule has 1 fully saturated rings. The summed E-state index contributed by atoms with van der Waals surface area (Å²) in [5.41, 5.74) is 0.949. The average Bonchev–Trinajstić information content (AvgIpc) is 2.74. The summed E-state index contributed by atoms with van der Waals surface area (Å²) in [5, 5.41) is 0.458. The van der Waals surface area contributed by atoms with Crippen molar-refractivity contribution < 1.29 is 16.8 Å². The molecule has 1 aromatic rings. The predicted molar refractivity (Wildman–Crippen MR) is 87.9 cm³/mol. The molecule has 0 bridgehead atoms. The Hall–Kier alpha value is -0.340. The minimum Gasteiger partial charge on any atom is -0.229 e. The van der Waals surface area contributed by atoms with Gasteiger partial charge < -0.3 is 0 Å². The minimum atomic E-state index is -3.85. The van der Waals surface area contributed by atoms with Gasteiger partial charge in [0.2, 0.25) is 10.0 Å². The van der Waals surface area contributed by atoms with Crippen molar-refractivity contribution in [3.8, 4) is 0 Å². The third-order valence-corrected chi connectivity index (χ3v) is 8.17. The van der Waals surface area contributed by atoms with E-state index in [0.717, 1.165) is 0 Å². The van der Waals surface area contributed by atoms with Gasteiger partial charge in [0.25, 0.3) is 0 Å². The lowest BCUT2D eigenvalue weighted by atomic mass is 10.1. The highest BCUT2D eigenvalue weighted by Gasteiger charge is 2.30. The van der Waals surface area contributed by atoms with Crippen molar-refractivity contribution in [1.29, 1.82) is 0 Å². The van der Waals surface area contributed by atoms with Crippen molar-refractivity contribution in [3.63, 3.8) is 0 Å². The maximum Gasteiger partial charge on any atom is 0.242 e. The van der Waals surface area contributed by atoms with Crippen molar-refractivity contribution in [3.05, 3.63) is 27.2 Å². The first-order chi connectivity index (χ1) is 10.0. The number of rotatable bonds is 4. The van der Waals surface area contributed by atoms with Gasteiger partial charge >= 0.3 is 0 Å². The quantitative estimate of drug-likeness (QED) is 0.861. The van der Waals surface area contributed by atoms with Crippen LogP contribution < -0.4 is 4.72 Å². The molecule has 0 spiro atoms. The van der Waals surface area contributed by atoms with Crippen LogP contribution in [-0.2, 0) is 19.9 Å². The SMILES string of the molecule is Cc1cc(Cl)c(C)c(S(=O)(=O)NC[C@H]2CCS(=O)(=O)C2)c1Cl. The molecule has 0 aromatic heterocycles. The normalized spacial score (nSPS) is 21.2. The van der Waals surface area contributed by atoms with Crippen LogP contribution in [0, 0.1) is 19.8 Å². The van der Waals surface area contributed by atoms with E-state index in [1.807, 2.05) is 0 Å². The van der Waals surface area contributed by atoms with E-state index in [0.29, 0.717) is 22.6 Å². The van der Waals surface area contributed by atoms with Gasteiger partial charge in [0.05, 0.1) is 16.5 Å². The molecular weight excluding hydrogens is 369 g/mol. The molecular formula is C13H17Cl2NO4S2. The Kier molecular flexibility index (Phi) is 5.14. The standard InChI is InChI=1S/C13H17Cl2NO4S2/c1-8-5-11(14)9(2)13(12(8)15)22(19,20)16-6-10-3-4-21(17,18)7-10/h5,10,16H,3-4,6-7H2,1-2H3/t10-/m1/s1. The van der Waals surface area contributed by atoms with Crippen molar-refractivity contribution in [2.75, 3.05) is 18.1 Å². The van der Waals surface area contributed by atoms with Crippen LogP contribution in [0.25, 0.3) is 0 Å². The second-order valence-corrected chi connectivity index (χ2v) is 10.3. The highest BCUT2D eigenvalue weighted by Crippen LogP contribution is 2.33. The van der Waals surface area contributed by atoms with Gasteiger partial charge in [-0.05, 0) is 43.4 Å². The molecule has 1 aliphatic heterocycles. The number of nitrogens with one attached hydrogen (secondary N) is 1. The molecule has 5 nitrogen and oxygen atoms in total. The second kappa shape index (κ2) is 6.28. The van der Waals surface area contributed by atoms with Crippen LogP contribution in [0.15, 0.2) is 11.0 Å². The van der Waals surface area contributed by atoms with Gasteiger partial charge in [0.15, 0.2) is 9.84 Å². The molecule has 9 heteroatoms. The first kappa shape index (κ1) is 18.0. The van der Waals surface area contributed by atoms with Crippen LogP contribution in [-0.4, -0.2) is 34.9 Å². The predicted octanol–water partition coefficient (Wildman–Crippen LogP) is 2.32.